The summed E-state index contributed by atoms with van der Waals surface area (Å²) in [6, 6.07) is 6.73. The van der Waals surface area contributed by atoms with Crippen LogP contribution >= 0.6 is 0 Å². The van der Waals surface area contributed by atoms with Crippen molar-refractivity contribution in [1.29, 1.82) is 0 Å². The Kier molecular flexibility index (Phi) is 4.24. The normalized spacial score (nSPS) is 12.4. The Morgan fingerprint density at radius 2 is 2.07 bits per heavy atom. The van der Waals surface area contributed by atoms with Crippen molar-refractivity contribution in [2.75, 3.05) is 6.61 Å². The first-order valence-corrected chi connectivity index (χ1v) is 5.05. The van der Waals surface area contributed by atoms with Crippen LogP contribution < -0.4 is 0 Å². The molecule has 0 spiro atoms. The van der Waals surface area contributed by atoms with Crippen molar-refractivity contribution in [1.82, 2.24) is 0 Å². The van der Waals surface area contributed by atoms with E-state index in [1.165, 1.54) is 6.07 Å². The van der Waals surface area contributed by atoms with Crippen LogP contribution in [0.3, 0.4) is 0 Å². The van der Waals surface area contributed by atoms with E-state index in [-0.39, 0.29) is 16.7 Å². The van der Waals surface area contributed by atoms with Gasteiger partial charge in [0.25, 0.3) is 5.69 Å². The minimum atomic E-state index is -0.364. The highest BCUT2D eigenvalue weighted by Crippen LogP contribution is 2.29. The average Bonchev–Trinajstić information content (AvgIpc) is 2.26. The predicted octanol–water partition coefficient (Wildman–Crippen LogP) is 3.08. The second kappa shape index (κ2) is 5.46. The number of hydrogen-bond acceptors (Lipinski definition) is 3. The molecular formula is C11H15NO3. The van der Waals surface area contributed by atoms with Crippen LogP contribution in [0.4, 0.5) is 5.69 Å². The number of nitro benzene ring substituents is 1. The number of ether oxygens (including phenoxy) is 1. The molecule has 4 heteroatoms. The van der Waals surface area contributed by atoms with Crippen molar-refractivity contribution in [2.24, 2.45) is 0 Å². The summed E-state index contributed by atoms with van der Waals surface area (Å²) in [6.45, 7) is 4.40. The summed E-state index contributed by atoms with van der Waals surface area (Å²) in [5.74, 6) is 0. The van der Waals surface area contributed by atoms with E-state index in [2.05, 4.69) is 0 Å². The van der Waals surface area contributed by atoms with E-state index in [4.69, 9.17) is 4.74 Å². The van der Waals surface area contributed by atoms with Gasteiger partial charge in [0.2, 0.25) is 0 Å². The van der Waals surface area contributed by atoms with Crippen molar-refractivity contribution in [3.8, 4) is 0 Å². The highest BCUT2D eigenvalue weighted by Gasteiger charge is 2.19. The summed E-state index contributed by atoms with van der Waals surface area (Å²) in [6.07, 6.45) is 0.551. The molecule has 0 radical (unpaired) electrons. The number of para-hydroxylation sites is 1. The quantitative estimate of drug-likeness (QED) is 0.553. The molecule has 0 aromatic heterocycles. The Hall–Kier alpha value is -1.42. The first-order valence-electron chi connectivity index (χ1n) is 5.05. The van der Waals surface area contributed by atoms with E-state index in [9.17, 15) is 10.1 Å². The monoisotopic (exact) mass is 209 g/mol. The van der Waals surface area contributed by atoms with E-state index < -0.39 is 0 Å². The number of nitrogens with zero attached hydrogens (tertiary/aromatic N) is 1. The van der Waals surface area contributed by atoms with Gasteiger partial charge in [-0.15, -0.1) is 0 Å². The Morgan fingerprint density at radius 1 is 1.40 bits per heavy atom. The van der Waals surface area contributed by atoms with E-state index >= 15 is 0 Å². The van der Waals surface area contributed by atoms with Gasteiger partial charge in [0.15, 0.2) is 0 Å². The van der Waals surface area contributed by atoms with Gasteiger partial charge in [0, 0.05) is 12.7 Å². The van der Waals surface area contributed by atoms with E-state index in [1.54, 1.807) is 18.2 Å². The van der Waals surface area contributed by atoms with Crippen LogP contribution in [0.1, 0.15) is 31.9 Å². The first kappa shape index (κ1) is 11.7. The van der Waals surface area contributed by atoms with Crippen molar-refractivity contribution in [2.45, 2.75) is 26.4 Å². The fourth-order valence-electron chi connectivity index (χ4n) is 1.55. The molecule has 1 atom stereocenters. The lowest BCUT2D eigenvalue weighted by atomic mass is 10.1. The molecule has 0 aliphatic heterocycles. The number of hydrogen-bond donors (Lipinski definition) is 0. The maximum atomic E-state index is 10.8. The Morgan fingerprint density at radius 3 is 2.60 bits per heavy atom. The summed E-state index contributed by atoms with van der Waals surface area (Å²) >= 11 is 0. The SMILES string of the molecule is CCOC(CC)c1ccccc1[N+](=O)[O-]. The Labute approximate surface area is 89.0 Å². The van der Waals surface area contributed by atoms with Crippen LogP contribution in [-0.2, 0) is 4.74 Å². The molecule has 0 fully saturated rings. The van der Waals surface area contributed by atoms with Crippen LogP contribution in [0.25, 0.3) is 0 Å². The lowest BCUT2D eigenvalue weighted by molar-refractivity contribution is -0.386. The Bertz CT molecular complexity index is 338. The molecule has 0 saturated heterocycles. The molecule has 1 unspecified atom stereocenters. The van der Waals surface area contributed by atoms with Gasteiger partial charge in [-0.05, 0) is 19.4 Å². The van der Waals surface area contributed by atoms with Gasteiger partial charge in [0.1, 0.15) is 0 Å². The van der Waals surface area contributed by atoms with Crippen LogP contribution in [-0.4, -0.2) is 11.5 Å². The summed E-state index contributed by atoms with van der Waals surface area (Å²) in [5.41, 5.74) is 0.796. The number of nitro groups is 1. The second-order valence-electron chi connectivity index (χ2n) is 3.17. The van der Waals surface area contributed by atoms with E-state index in [1.807, 2.05) is 13.8 Å². The lowest BCUT2D eigenvalue weighted by Gasteiger charge is -2.14. The molecule has 0 saturated carbocycles. The second-order valence-corrected chi connectivity index (χ2v) is 3.17. The van der Waals surface area contributed by atoms with Gasteiger partial charge in [-0.2, -0.15) is 0 Å². The fourth-order valence-corrected chi connectivity index (χ4v) is 1.55. The van der Waals surface area contributed by atoms with Gasteiger partial charge in [-0.1, -0.05) is 19.1 Å². The average molecular weight is 209 g/mol. The summed E-state index contributed by atoms with van der Waals surface area (Å²) < 4.78 is 5.46. The van der Waals surface area contributed by atoms with Crippen LogP contribution in [0.15, 0.2) is 24.3 Å². The third-order valence-corrected chi connectivity index (χ3v) is 2.22. The minimum absolute atomic E-state index is 0.137. The lowest BCUT2D eigenvalue weighted by Crippen LogP contribution is -2.06. The van der Waals surface area contributed by atoms with E-state index in [0.29, 0.717) is 12.2 Å². The molecule has 0 aliphatic rings. The van der Waals surface area contributed by atoms with Gasteiger partial charge in [0.05, 0.1) is 16.6 Å². The summed E-state index contributed by atoms with van der Waals surface area (Å²) in [7, 11) is 0. The molecule has 0 heterocycles. The highest BCUT2D eigenvalue weighted by atomic mass is 16.6. The van der Waals surface area contributed by atoms with Gasteiger partial charge < -0.3 is 4.74 Å². The van der Waals surface area contributed by atoms with Crippen molar-refractivity contribution in [3.63, 3.8) is 0 Å². The molecule has 82 valence electrons. The van der Waals surface area contributed by atoms with E-state index in [0.717, 1.165) is 6.42 Å². The van der Waals surface area contributed by atoms with Crippen molar-refractivity contribution in [3.05, 3.63) is 39.9 Å². The van der Waals surface area contributed by atoms with Gasteiger partial charge in [-0.25, -0.2) is 0 Å². The fraction of sp³-hybridized carbons (Fsp3) is 0.455. The zero-order chi connectivity index (χ0) is 11.3. The third-order valence-electron chi connectivity index (χ3n) is 2.22. The molecule has 1 aromatic carbocycles. The van der Waals surface area contributed by atoms with Crippen LogP contribution in [0.5, 0.6) is 0 Å². The molecule has 0 N–H and O–H groups in total. The van der Waals surface area contributed by atoms with Crippen molar-refractivity contribution < 1.29 is 9.66 Å². The van der Waals surface area contributed by atoms with Crippen LogP contribution in [0, 0.1) is 10.1 Å². The molecule has 15 heavy (non-hydrogen) atoms. The Balaban J connectivity index is 3.04. The number of rotatable bonds is 5. The minimum Gasteiger partial charge on any atom is -0.374 e. The predicted molar refractivity (Wildman–Crippen MR) is 57.8 cm³/mol. The molecule has 0 amide bonds. The summed E-state index contributed by atoms with van der Waals surface area (Å²) in [4.78, 5) is 10.4. The molecule has 1 rings (SSSR count). The maximum Gasteiger partial charge on any atom is 0.275 e. The van der Waals surface area contributed by atoms with Gasteiger partial charge >= 0.3 is 0 Å². The van der Waals surface area contributed by atoms with Gasteiger partial charge in [-0.3, -0.25) is 10.1 Å². The summed E-state index contributed by atoms with van der Waals surface area (Å²) in [5, 5.41) is 10.8. The highest BCUT2D eigenvalue weighted by molar-refractivity contribution is 5.41. The topological polar surface area (TPSA) is 52.4 Å². The molecule has 4 nitrogen and oxygen atoms in total. The maximum absolute atomic E-state index is 10.8. The third kappa shape index (κ3) is 2.76. The first-order chi connectivity index (χ1) is 7.20. The zero-order valence-corrected chi connectivity index (χ0v) is 8.97. The number of benzene rings is 1. The molecule has 1 aromatic rings. The van der Waals surface area contributed by atoms with Crippen LogP contribution in [0.2, 0.25) is 0 Å². The zero-order valence-electron chi connectivity index (χ0n) is 8.97. The van der Waals surface area contributed by atoms with Crippen molar-refractivity contribution >= 4 is 5.69 Å². The molecular weight excluding hydrogens is 194 g/mol. The standard InChI is InChI=1S/C11H15NO3/c1-3-11(15-4-2)9-7-5-6-8-10(9)12(13)14/h5-8,11H,3-4H2,1-2H3. The smallest absolute Gasteiger partial charge is 0.275 e. The largest absolute Gasteiger partial charge is 0.374 e. The molecule has 0 bridgehead atoms. The molecule has 0 aliphatic carbocycles.